The Balaban J connectivity index is 0.00000220. The maximum absolute atomic E-state index is 6.43. The van der Waals surface area contributed by atoms with E-state index >= 15 is 0 Å². The van der Waals surface area contributed by atoms with Crippen LogP contribution in [-0.2, 0) is 0 Å². The molecule has 0 amide bonds. The van der Waals surface area contributed by atoms with E-state index in [2.05, 4.69) is 17.1 Å². The molecule has 1 atom stereocenters. The van der Waals surface area contributed by atoms with E-state index in [0.717, 1.165) is 48.2 Å². The van der Waals surface area contributed by atoms with Gasteiger partial charge in [0, 0.05) is 47.8 Å². The third-order valence-corrected chi connectivity index (χ3v) is 4.67. The van der Waals surface area contributed by atoms with Gasteiger partial charge in [0.05, 0.1) is 0 Å². The van der Waals surface area contributed by atoms with Crippen LogP contribution in [0.4, 0.5) is 0 Å². The maximum atomic E-state index is 6.43. The molecular formula is C16H26Cl4N2. The summed E-state index contributed by atoms with van der Waals surface area (Å²) >= 11 is 12.9. The molecule has 1 aliphatic heterocycles. The fourth-order valence-corrected chi connectivity index (χ4v) is 3.57. The largest absolute Gasteiger partial charge is 0.314 e. The molecule has 1 aliphatic rings. The molecule has 0 bridgehead atoms. The third-order valence-electron chi connectivity index (χ3n) is 4.01. The van der Waals surface area contributed by atoms with Crippen molar-refractivity contribution in [2.75, 3.05) is 26.2 Å². The molecule has 1 fully saturated rings. The van der Waals surface area contributed by atoms with Gasteiger partial charge in [0.2, 0.25) is 0 Å². The monoisotopic (exact) mass is 386 g/mol. The van der Waals surface area contributed by atoms with Crippen molar-refractivity contribution in [2.45, 2.75) is 38.6 Å². The van der Waals surface area contributed by atoms with Crippen molar-refractivity contribution in [1.29, 1.82) is 0 Å². The van der Waals surface area contributed by atoms with E-state index < -0.39 is 0 Å². The summed E-state index contributed by atoms with van der Waals surface area (Å²) in [6.07, 6.45) is 4.87. The fraction of sp³-hybridized carbons (Fsp3) is 0.625. The molecule has 2 rings (SSSR count). The number of benzene rings is 1. The van der Waals surface area contributed by atoms with Crippen LogP contribution in [0.1, 0.15) is 44.2 Å². The molecule has 0 radical (unpaired) electrons. The molecule has 0 spiro atoms. The maximum Gasteiger partial charge on any atom is 0.0468 e. The van der Waals surface area contributed by atoms with Gasteiger partial charge in [-0.2, -0.15) is 0 Å². The van der Waals surface area contributed by atoms with Gasteiger partial charge in [0.1, 0.15) is 0 Å². The first-order chi connectivity index (χ1) is 9.74. The van der Waals surface area contributed by atoms with Gasteiger partial charge < -0.3 is 5.32 Å². The summed E-state index contributed by atoms with van der Waals surface area (Å²) in [5.74, 6) is 0. The predicted octanol–water partition coefficient (Wildman–Crippen LogP) is 5.36. The van der Waals surface area contributed by atoms with Crippen molar-refractivity contribution >= 4 is 48.0 Å². The molecule has 1 N–H and O–H groups in total. The first-order valence-electron chi connectivity index (χ1n) is 7.62. The molecule has 128 valence electrons. The predicted molar refractivity (Wildman–Crippen MR) is 102 cm³/mol. The van der Waals surface area contributed by atoms with E-state index in [1.165, 1.54) is 19.3 Å². The number of nitrogens with zero attached hydrogens (tertiary/aromatic N) is 1. The summed E-state index contributed by atoms with van der Waals surface area (Å²) in [4.78, 5) is 2.53. The van der Waals surface area contributed by atoms with Crippen LogP contribution in [0.25, 0.3) is 0 Å². The second-order valence-corrected chi connectivity index (χ2v) is 6.25. The zero-order valence-corrected chi connectivity index (χ0v) is 16.1. The van der Waals surface area contributed by atoms with Crippen LogP contribution in [0.2, 0.25) is 10.0 Å². The van der Waals surface area contributed by atoms with Gasteiger partial charge in [0.25, 0.3) is 0 Å². The van der Waals surface area contributed by atoms with Crippen LogP contribution >= 0.6 is 48.0 Å². The average Bonchev–Trinajstić information content (AvgIpc) is 2.46. The quantitative estimate of drug-likeness (QED) is 0.660. The van der Waals surface area contributed by atoms with Crippen molar-refractivity contribution in [1.82, 2.24) is 10.2 Å². The summed E-state index contributed by atoms with van der Waals surface area (Å²) < 4.78 is 0. The molecule has 1 aromatic carbocycles. The van der Waals surface area contributed by atoms with Gasteiger partial charge >= 0.3 is 0 Å². The molecule has 0 unspecified atom stereocenters. The van der Waals surface area contributed by atoms with Crippen LogP contribution in [0.15, 0.2) is 18.2 Å². The highest BCUT2D eigenvalue weighted by molar-refractivity contribution is 6.36. The van der Waals surface area contributed by atoms with Crippen molar-refractivity contribution in [3.8, 4) is 0 Å². The standard InChI is InChI=1S/C16H24Cl2N2.2ClH/c1-2-3-4-8-15(20-11-9-19-10-12-20)16-13(17)6-5-7-14(16)18;;/h5-7,15,19H,2-4,8-12H2,1H3;2*1H/t15-;;/m0../s1. The van der Waals surface area contributed by atoms with Crippen LogP contribution in [0.5, 0.6) is 0 Å². The molecule has 1 aromatic rings. The number of hydrogen-bond acceptors (Lipinski definition) is 2. The molecule has 1 heterocycles. The number of halogens is 4. The molecule has 1 saturated heterocycles. The Kier molecular flexibility index (Phi) is 11.9. The number of piperazine rings is 1. The van der Waals surface area contributed by atoms with E-state index in [9.17, 15) is 0 Å². The molecule has 0 saturated carbocycles. The fourth-order valence-electron chi connectivity index (χ4n) is 2.92. The third kappa shape index (κ3) is 6.07. The molecule has 22 heavy (non-hydrogen) atoms. The minimum atomic E-state index is 0. The highest BCUT2D eigenvalue weighted by Crippen LogP contribution is 2.36. The Bertz CT molecular complexity index is 402. The van der Waals surface area contributed by atoms with Crippen LogP contribution in [-0.4, -0.2) is 31.1 Å². The second kappa shape index (κ2) is 11.8. The molecular weight excluding hydrogens is 362 g/mol. The molecule has 6 heteroatoms. The lowest BCUT2D eigenvalue weighted by molar-refractivity contribution is 0.163. The van der Waals surface area contributed by atoms with Crippen molar-refractivity contribution < 1.29 is 0 Å². The van der Waals surface area contributed by atoms with E-state index in [0.29, 0.717) is 6.04 Å². The number of unbranched alkanes of at least 4 members (excludes halogenated alkanes) is 2. The summed E-state index contributed by atoms with van der Waals surface area (Å²) in [5.41, 5.74) is 1.12. The first-order valence-corrected chi connectivity index (χ1v) is 8.38. The smallest absolute Gasteiger partial charge is 0.0468 e. The van der Waals surface area contributed by atoms with E-state index in [-0.39, 0.29) is 24.8 Å². The Morgan fingerprint density at radius 3 is 2.23 bits per heavy atom. The van der Waals surface area contributed by atoms with E-state index in [1.54, 1.807) is 0 Å². The van der Waals surface area contributed by atoms with Crippen LogP contribution in [0.3, 0.4) is 0 Å². The average molecular weight is 388 g/mol. The SMILES string of the molecule is CCCCC[C@@H](c1c(Cl)cccc1Cl)N1CCNCC1.Cl.Cl. The van der Waals surface area contributed by atoms with Gasteiger partial charge in [-0.1, -0.05) is 55.5 Å². The van der Waals surface area contributed by atoms with Crippen molar-refractivity contribution in [2.24, 2.45) is 0 Å². The Labute approximate surface area is 156 Å². The number of nitrogens with one attached hydrogen (secondary N) is 1. The van der Waals surface area contributed by atoms with Crippen LogP contribution < -0.4 is 5.32 Å². The lowest BCUT2D eigenvalue weighted by atomic mass is 9.98. The van der Waals surface area contributed by atoms with Gasteiger partial charge in [-0.3, -0.25) is 4.90 Å². The molecule has 0 aromatic heterocycles. The Morgan fingerprint density at radius 1 is 1.09 bits per heavy atom. The Morgan fingerprint density at radius 2 is 1.68 bits per heavy atom. The minimum Gasteiger partial charge on any atom is -0.314 e. The molecule has 2 nitrogen and oxygen atoms in total. The lowest BCUT2D eigenvalue weighted by Crippen LogP contribution is -2.45. The highest BCUT2D eigenvalue weighted by atomic mass is 35.5. The summed E-state index contributed by atoms with van der Waals surface area (Å²) in [6, 6.07) is 6.19. The zero-order valence-electron chi connectivity index (χ0n) is 13.0. The second-order valence-electron chi connectivity index (χ2n) is 5.43. The minimum absolute atomic E-state index is 0. The number of rotatable bonds is 6. The Hall–Kier alpha value is 0.300. The van der Waals surface area contributed by atoms with Crippen molar-refractivity contribution in [3.05, 3.63) is 33.8 Å². The first kappa shape index (κ1) is 22.3. The molecule has 0 aliphatic carbocycles. The van der Waals surface area contributed by atoms with Gasteiger partial charge in [0.15, 0.2) is 0 Å². The van der Waals surface area contributed by atoms with Gasteiger partial charge in [-0.25, -0.2) is 0 Å². The van der Waals surface area contributed by atoms with Gasteiger partial charge in [-0.15, -0.1) is 24.8 Å². The van der Waals surface area contributed by atoms with Crippen LogP contribution in [0, 0.1) is 0 Å². The van der Waals surface area contributed by atoms with Gasteiger partial charge in [-0.05, 0) is 18.6 Å². The zero-order chi connectivity index (χ0) is 14.4. The topological polar surface area (TPSA) is 15.3 Å². The van der Waals surface area contributed by atoms with Crippen molar-refractivity contribution in [3.63, 3.8) is 0 Å². The lowest BCUT2D eigenvalue weighted by Gasteiger charge is -2.36. The summed E-state index contributed by atoms with van der Waals surface area (Å²) in [5, 5.41) is 5.02. The summed E-state index contributed by atoms with van der Waals surface area (Å²) in [6.45, 7) is 6.47. The number of hydrogen-bond donors (Lipinski definition) is 1. The van der Waals surface area contributed by atoms with E-state index in [1.807, 2.05) is 18.2 Å². The normalized spacial score (nSPS) is 16.5. The highest BCUT2D eigenvalue weighted by Gasteiger charge is 2.25. The summed E-state index contributed by atoms with van der Waals surface area (Å²) in [7, 11) is 0. The van der Waals surface area contributed by atoms with E-state index in [4.69, 9.17) is 23.2 Å².